The normalized spacial score (nSPS) is 14.1. The number of hydrogen-bond donors (Lipinski definition) is 2. The van der Waals surface area contributed by atoms with E-state index in [0.717, 1.165) is 11.3 Å². The Morgan fingerprint density at radius 3 is 3.06 bits per heavy atom. The molecule has 6 nitrogen and oxygen atoms in total. The maximum atomic E-state index is 11.8. The number of aromatic amines is 1. The summed E-state index contributed by atoms with van der Waals surface area (Å²) in [6.45, 7) is 1.25. The molecule has 6 heteroatoms. The fraction of sp³-hybridized carbons (Fsp3) is 0.300. The molecule has 0 amide bonds. The molecule has 0 radical (unpaired) electrons. The number of hydrogen-bond acceptors (Lipinski definition) is 4. The first-order valence-corrected chi connectivity index (χ1v) is 5.06. The number of fused-ring (bicyclic) bond motifs is 1. The molecule has 0 spiro atoms. The highest BCUT2D eigenvalue weighted by molar-refractivity contribution is 5.44. The zero-order chi connectivity index (χ0) is 11.1. The van der Waals surface area contributed by atoms with Crippen LogP contribution >= 0.6 is 0 Å². The molecule has 0 atom stereocenters. The zero-order valence-corrected chi connectivity index (χ0v) is 8.82. The van der Waals surface area contributed by atoms with Gasteiger partial charge in [0.05, 0.1) is 11.3 Å². The Morgan fingerprint density at radius 1 is 1.44 bits per heavy atom. The lowest BCUT2D eigenvalue weighted by Crippen LogP contribution is -2.16. The number of aromatic nitrogens is 4. The third kappa shape index (κ3) is 1.27. The summed E-state index contributed by atoms with van der Waals surface area (Å²) >= 11 is 0. The first kappa shape index (κ1) is 9.29. The first-order chi connectivity index (χ1) is 7.75. The Labute approximate surface area is 91.4 Å². The van der Waals surface area contributed by atoms with Crippen molar-refractivity contribution in [2.24, 2.45) is 7.05 Å². The smallest absolute Gasteiger partial charge is 0.256 e. The van der Waals surface area contributed by atoms with Crippen LogP contribution in [-0.4, -0.2) is 19.5 Å². The highest BCUT2D eigenvalue weighted by Crippen LogP contribution is 2.14. The van der Waals surface area contributed by atoms with Gasteiger partial charge in [-0.1, -0.05) is 0 Å². The Morgan fingerprint density at radius 2 is 2.31 bits per heavy atom. The van der Waals surface area contributed by atoms with E-state index in [-0.39, 0.29) is 5.56 Å². The second-order valence-corrected chi connectivity index (χ2v) is 3.81. The third-order valence-electron chi connectivity index (χ3n) is 2.73. The average Bonchev–Trinajstić information content (AvgIpc) is 2.85. The zero-order valence-electron chi connectivity index (χ0n) is 8.82. The summed E-state index contributed by atoms with van der Waals surface area (Å²) in [7, 11) is 1.87. The lowest BCUT2D eigenvalue weighted by atomic mass is 10.2. The first-order valence-electron chi connectivity index (χ1n) is 5.06. The van der Waals surface area contributed by atoms with Crippen molar-refractivity contribution in [3.63, 3.8) is 0 Å². The lowest BCUT2D eigenvalue weighted by Gasteiger charge is -2.03. The molecule has 2 aromatic heterocycles. The number of H-pyrrole nitrogens is 1. The molecule has 3 heterocycles. The minimum atomic E-state index is -0.0759. The molecule has 1 aliphatic heterocycles. The van der Waals surface area contributed by atoms with Gasteiger partial charge >= 0.3 is 0 Å². The summed E-state index contributed by atoms with van der Waals surface area (Å²) in [5.41, 5.74) is 1.48. The molecule has 82 valence electrons. The lowest BCUT2D eigenvalue weighted by molar-refractivity contribution is 0.756. The van der Waals surface area contributed by atoms with Gasteiger partial charge in [-0.05, 0) is 0 Å². The van der Waals surface area contributed by atoms with Crippen molar-refractivity contribution >= 4 is 0 Å². The van der Waals surface area contributed by atoms with Gasteiger partial charge in [0.1, 0.15) is 0 Å². The maximum Gasteiger partial charge on any atom is 0.256 e. The standard InChI is InChI=1S/C10H11N5O/c1-15-3-2-12-9(15)8-13-7-5-11-4-6(7)10(16)14-8/h2-3,11H,4-5H2,1H3,(H,13,14,16). The van der Waals surface area contributed by atoms with Gasteiger partial charge in [-0.2, -0.15) is 0 Å². The van der Waals surface area contributed by atoms with Crippen LogP contribution in [0.25, 0.3) is 11.6 Å². The van der Waals surface area contributed by atoms with Crippen molar-refractivity contribution < 1.29 is 0 Å². The van der Waals surface area contributed by atoms with Crippen molar-refractivity contribution in [3.8, 4) is 11.6 Å². The molecule has 0 saturated heterocycles. The van der Waals surface area contributed by atoms with Gasteiger partial charge < -0.3 is 14.9 Å². The summed E-state index contributed by atoms with van der Waals surface area (Å²) in [6, 6.07) is 0. The molecule has 2 aromatic rings. The number of nitrogens with one attached hydrogen (secondary N) is 2. The van der Waals surface area contributed by atoms with Crippen LogP contribution in [0.4, 0.5) is 0 Å². The van der Waals surface area contributed by atoms with E-state index < -0.39 is 0 Å². The largest absolute Gasteiger partial charge is 0.331 e. The molecule has 16 heavy (non-hydrogen) atoms. The summed E-state index contributed by atoms with van der Waals surface area (Å²) < 4.78 is 1.83. The predicted molar refractivity (Wildman–Crippen MR) is 57.6 cm³/mol. The van der Waals surface area contributed by atoms with Crippen LogP contribution in [0.1, 0.15) is 11.3 Å². The van der Waals surface area contributed by atoms with Crippen molar-refractivity contribution in [1.82, 2.24) is 24.8 Å². The Kier molecular flexibility index (Phi) is 1.90. The second kappa shape index (κ2) is 3.28. The highest BCUT2D eigenvalue weighted by Gasteiger charge is 2.18. The van der Waals surface area contributed by atoms with Gasteiger partial charge in [-0.25, -0.2) is 9.97 Å². The molecule has 0 aliphatic carbocycles. The van der Waals surface area contributed by atoms with E-state index in [1.165, 1.54) is 0 Å². The van der Waals surface area contributed by atoms with Gasteiger partial charge in [-0.15, -0.1) is 0 Å². The van der Waals surface area contributed by atoms with Crippen molar-refractivity contribution in [2.75, 3.05) is 0 Å². The molecule has 2 N–H and O–H groups in total. The van der Waals surface area contributed by atoms with Crippen molar-refractivity contribution in [2.45, 2.75) is 13.1 Å². The van der Waals surface area contributed by atoms with Crippen LogP contribution < -0.4 is 10.9 Å². The van der Waals surface area contributed by atoms with Gasteiger partial charge in [0.15, 0.2) is 11.6 Å². The minimum Gasteiger partial charge on any atom is -0.331 e. The van der Waals surface area contributed by atoms with Crippen LogP contribution in [0.5, 0.6) is 0 Å². The molecular weight excluding hydrogens is 206 g/mol. The number of nitrogens with zero attached hydrogens (tertiary/aromatic N) is 3. The number of aryl methyl sites for hydroxylation is 1. The number of imidazole rings is 1. The van der Waals surface area contributed by atoms with Gasteiger partial charge in [-0.3, -0.25) is 4.79 Å². The third-order valence-corrected chi connectivity index (χ3v) is 2.73. The Bertz CT molecular complexity index is 597. The Balaban J connectivity index is 2.21. The predicted octanol–water partition coefficient (Wildman–Crippen LogP) is -0.226. The monoisotopic (exact) mass is 217 g/mol. The quantitative estimate of drug-likeness (QED) is 0.692. The van der Waals surface area contributed by atoms with E-state index in [2.05, 4.69) is 20.3 Å². The summed E-state index contributed by atoms with van der Waals surface area (Å²) in [6.07, 6.45) is 3.50. The summed E-state index contributed by atoms with van der Waals surface area (Å²) in [5.74, 6) is 1.20. The van der Waals surface area contributed by atoms with Gasteiger partial charge in [0.25, 0.3) is 5.56 Å². The fourth-order valence-electron chi connectivity index (χ4n) is 1.88. The minimum absolute atomic E-state index is 0.0759. The highest BCUT2D eigenvalue weighted by atomic mass is 16.1. The van der Waals surface area contributed by atoms with Crippen LogP contribution in [0.15, 0.2) is 17.2 Å². The van der Waals surface area contributed by atoms with Crippen LogP contribution in [-0.2, 0) is 20.1 Å². The second-order valence-electron chi connectivity index (χ2n) is 3.81. The van der Waals surface area contributed by atoms with Crippen LogP contribution in [0.2, 0.25) is 0 Å². The van der Waals surface area contributed by atoms with E-state index in [4.69, 9.17) is 0 Å². The SMILES string of the molecule is Cn1ccnc1-c1nc2c(c(=O)[nH]1)CNC2. The molecule has 1 aliphatic rings. The van der Waals surface area contributed by atoms with Crippen molar-refractivity contribution in [1.29, 1.82) is 0 Å². The Hall–Kier alpha value is -1.95. The van der Waals surface area contributed by atoms with E-state index in [1.54, 1.807) is 6.20 Å². The topological polar surface area (TPSA) is 75.6 Å². The van der Waals surface area contributed by atoms with E-state index >= 15 is 0 Å². The van der Waals surface area contributed by atoms with E-state index in [1.807, 2.05) is 17.8 Å². The van der Waals surface area contributed by atoms with Gasteiger partial charge in [0, 0.05) is 32.5 Å². The summed E-state index contributed by atoms with van der Waals surface area (Å²) in [4.78, 5) is 23.1. The van der Waals surface area contributed by atoms with Crippen LogP contribution in [0, 0.1) is 0 Å². The van der Waals surface area contributed by atoms with E-state index in [0.29, 0.717) is 24.7 Å². The molecule has 0 saturated carbocycles. The van der Waals surface area contributed by atoms with Crippen molar-refractivity contribution in [3.05, 3.63) is 34.0 Å². The summed E-state index contributed by atoms with van der Waals surface area (Å²) in [5, 5.41) is 3.11. The van der Waals surface area contributed by atoms with Gasteiger partial charge in [0.2, 0.25) is 0 Å². The molecule has 0 unspecified atom stereocenters. The maximum absolute atomic E-state index is 11.8. The fourth-order valence-corrected chi connectivity index (χ4v) is 1.88. The molecule has 3 rings (SSSR count). The molecule has 0 bridgehead atoms. The molecule has 0 aromatic carbocycles. The average molecular weight is 217 g/mol. The molecule has 0 fully saturated rings. The van der Waals surface area contributed by atoms with Crippen LogP contribution in [0.3, 0.4) is 0 Å². The molecular formula is C10H11N5O. The van der Waals surface area contributed by atoms with E-state index in [9.17, 15) is 4.79 Å². The number of rotatable bonds is 1.